The number of hydrogen-bond acceptors (Lipinski definition) is 1. The van der Waals surface area contributed by atoms with Gasteiger partial charge < -0.3 is 4.90 Å². The van der Waals surface area contributed by atoms with E-state index < -0.39 is 0 Å². The average Bonchev–Trinajstić information content (AvgIpc) is 3.12. The quantitative estimate of drug-likeness (QED) is 0.190. The topological polar surface area (TPSA) is 3.24 Å². The van der Waals surface area contributed by atoms with Gasteiger partial charge in [-0.1, -0.05) is 140 Å². The lowest BCUT2D eigenvalue weighted by atomic mass is 9.93. The van der Waals surface area contributed by atoms with E-state index in [1.54, 1.807) is 0 Å². The standard InChI is InChI=1S/C44H29N/c1-2-15-34(16-3-1)45(43-29-33-14-6-9-19-38(33)44-37-18-8-4-12-30(37)24-27-41(43)44)35-25-22-31(23-26-35)42-28-32-13-5-7-17-36(32)39-20-10-11-21-40(39)42/h1-29H. The second kappa shape index (κ2) is 10.4. The van der Waals surface area contributed by atoms with Crippen molar-refractivity contribution in [3.05, 3.63) is 176 Å². The first-order valence-electron chi connectivity index (χ1n) is 15.5. The Morgan fingerprint density at radius 3 is 1.58 bits per heavy atom. The summed E-state index contributed by atoms with van der Waals surface area (Å²) in [7, 11) is 0. The molecule has 0 aliphatic heterocycles. The lowest BCUT2D eigenvalue weighted by Gasteiger charge is -2.28. The van der Waals surface area contributed by atoms with Crippen molar-refractivity contribution in [2.45, 2.75) is 0 Å². The van der Waals surface area contributed by atoms with E-state index in [0.29, 0.717) is 0 Å². The zero-order valence-corrected chi connectivity index (χ0v) is 24.7. The van der Waals surface area contributed by atoms with Gasteiger partial charge in [0.1, 0.15) is 0 Å². The SMILES string of the molecule is c1ccc(N(c2ccc(-c3cc4ccccc4c4ccccc34)cc2)c2cc3ccccc3c3c2ccc2ccccc23)cc1. The molecule has 9 aromatic carbocycles. The van der Waals surface area contributed by atoms with Crippen LogP contribution in [0.2, 0.25) is 0 Å². The Morgan fingerprint density at radius 1 is 0.311 bits per heavy atom. The molecule has 9 aromatic rings. The van der Waals surface area contributed by atoms with E-state index in [0.717, 1.165) is 11.4 Å². The predicted molar refractivity (Wildman–Crippen MR) is 194 cm³/mol. The zero-order chi connectivity index (χ0) is 29.7. The van der Waals surface area contributed by atoms with Crippen LogP contribution in [0.5, 0.6) is 0 Å². The monoisotopic (exact) mass is 571 g/mol. The fourth-order valence-corrected chi connectivity index (χ4v) is 7.12. The van der Waals surface area contributed by atoms with Crippen LogP contribution in [0.4, 0.5) is 17.1 Å². The summed E-state index contributed by atoms with van der Waals surface area (Å²) < 4.78 is 0. The summed E-state index contributed by atoms with van der Waals surface area (Å²) in [5.74, 6) is 0. The third-order valence-electron chi connectivity index (χ3n) is 9.19. The van der Waals surface area contributed by atoms with Gasteiger partial charge in [-0.3, -0.25) is 0 Å². The van der Waals surface area contributed by atoms with Crippen LogP contribution < -0.4 is 4.90 Å². The van der Waals surface area contributed by atoms with Crippen LogP contribution >= 0.6 is 0 Å². The maximum absolute atomic E-state index is 2.41. The Kier molecular flexibility index (Phi) is 5.89. The van der Waals surface area contributed by atoms with Crippen molar-refractivity contribution in [3.8, 4) is 11.1 Å². The molecule has 0 N–H and O–H groups in total. The Labute approximate surface area is 262 Å². The number of nitrogens with zero attached hydrogens (tertiary/aromatic N) is 1. The third kappa shape index (κ3) is 4.17. The lowest BCUT2D eigenvalue weighted by molar-refractivity contribution is 1.30. The van der Waals surface area contributed by atoms with Gasteiger partial charge >= 0.3 is 0 Å². The maximum Gasteiger partial charge on any atom is 0.0546 e. The van der Waals surface area contributed by atoms with E-state index in [9.17, 15) is 0 Å². The van der Waals surface area contributed by atoms with Crippen molar-refractivity contribution in [2.24, 2.45) is 0 Å². The van der Waals surface area contributed by atoms with Crippen molar-refractivity contribution >= 4 is 70.9 Å². The van der Waals surface area contributed by atoms with Crippen molar-refractivity contribution in [2.75, 3.05) is 4.90 Å². The van der Waals surface area contributed by atoms with Gasteiger partial charge in [-0.25, -0.2) is 0 Å². The highest BCUT2D eigenvalue weighted by Crippen LogP contribution is 2.44. The minimum Gasteiger partial charge on any atom is -0.310 e. The Hall–Kier alpha value is -5.92. The van der Waals surface area contributed by atoms with E-state index in [1.807, 2.05) is 0 Å². The molecule has 0 spiro atoms. The van der Waals surface area contributed by atoms with Crippen molar-refractivity contribution in [1.82, 2.24) is 0 Å². The molecule has 0 saturated carbocycles. The number of benzene rings is 9. The van der Waals surface area contributed by atoms with E-state index in [4.69, 9.17) is 0 Å². The minimum absolute atomic E-state index is 1.12. The molecular formula is C44H29N. The van der Waals surface area contributed by atoms with E-state index in [2.05, 4.69) is 181 Å². The Bertz CT molecular complexity index is 2510. The molecule has 210 valence electrons. The highest BCUT2D eigenvalue weighted by Gasteiger charge is 2.19. The first-order chi connectivity index (χ1) is 22.3. The van der Waals surface area contributed by atoms with Gasteiger partial charge in [0.2, 0.25) is 0 Å². The molecule has 0 aromatic heterocycles. The molecule has 0 bridgehead atoms. The van der Waals surface area contributed by atoms with Crippen LogP contribution in [-0.2, 0) is 0 Å². The molecule has 0 aliphatic carbocycles. The summed E-state index contributed by atoms with van der Waals surface area (Å²) in [6.45, 7) is 0. The Balaban J connectivity index is 1.28. The van der Waals surface area contributed by atoms with E-state index >= 15 is 0 Å². The van der Waals surface area contributed by atoms with Crippen LogP contribution in [-0.4, -0.2) is 0 Å². The molecule has 1 heteroatoms. The number of rotatable bonds is 4. The molecular weight excluding hydrogens is 542 g/mol. The fourth-order valence-electron chi connectivity index (χ4n) is 7.12. The first kappa shape index (κ1) is 25.6. The summed E-state index contributed by atoms with van der Waals surface area (Å²) in [6.07, 6.45) is 0. The summed E-state index contributed by atoms with van der Waals surface area (Å²) in [4.78, 5) is 2.41. The van der Waals surface area contributed by atoms with Gasteiger partial charge in [-0.15, -0.1) is 0 Å². The molecule has 0 heterocycles. The van der Waals surface area contributed by atoms with Gasteiger partial charge in [0, 0.05) is 16.8 Å². The highest BCUT2D eigenvalue weighted by atomic mass is 15.1. The van der Waals surface area contributed by atoms with Crippen molar-refractivity contribution < 1.29 is 0 Å². The second-order valence-electron chi connectivity index (χ2n) is 11.7. The summed E-state index contributed by atoms with van der Waals surface area (Å²) >= 11 is 0. The fraction of sp³-hybridized carbons (Fsp3) is 0. The molecule has 0 radical (unpaired) electrons. The first-order valence-corrected chi connectivity index (χ1v) is 15.5. The number of hydrogen-bond donors (Lipinski definition) is 0. The van der Waals surface area contributed by atoms with Crippen LogP contribution in [0.3, 0.4) is 0 Å². The Morgan fingerprint density at radius 2 is 0.844 bits per heavy atom. The van der Waals surface area contributed by atoms with Crippen LogP contribution in [0.25, 0.3) is 65.0 Å². The summed E-state index contributed by atoms with van der Waals surface area (Å²) in [5, 5.41) is 12.7. The van der Waals surface area contributed by atoms with E-state index in [-0.39, 0.29) is 0 Å². The molecule has 9 rings (SSSR count). The van der Waals surface area contributed by atoms with Gasteiger partial charge in [0.05, 0.1) is 5.69 Å². The largest absolute Gasteiger partial charge is 0.310 e. The molecule has 0 unspecified atom stereocenters. The molecule has 1 nitrogen and oxygen atoms in total. The molecule has 0 saturated heterocycles. The van der Waals surface area contributed by atoms with Crippen LogP contribution in [0, 0.1) is 0 Å². The molecule has 45 heavy (non-hydrogen) atoms. The average molecular weight is 572 g/mol. The van der Waals surface area contributed by atoms with Gasteiger partial charge in [-0.2, -0.15) is 0 Å². The van der Waals surface area contributed by atoms with Crippen molar-refractivity contribution in [3.63, 3.8) is 0 Å². The number of anilines is 3. The zero-order valence-electron chi connectivity index (χ0n) is 24.7. The summed E-state index contributed by atoms with van der Waals surface area (Å²) in [5.41, 5.74) is 5.89. The van der Waals surface area contributed by atoms with E-state index in [1.165, 1.54) is 70.7 Å². The smallest absolute Gasteiger partial charge is 0.0546 e. The second-order valence-corrected chi connectivity index (χ2v) is 11.7. The van der Waals surface area contributed by atoms with Gasteiger partial charge in [0.25, 0.3) is 0 Å². The van der Waals surface area contributed by atoms with Crippen LogP contribution in [0.15, 0.2) is 176 Å². The van der Waals surface area contributed by atoms with Gasteiger partial charge in [-0.05, 0) is 96.0 Å². The molecule has 0 aliphatic rings. The highest BCUT2D eigenvalue weighted by molar-refractivity contribution is 6.24. The van der Waals surface area contributed by atoms with Crippen molar-refractivity contribution in [1.29, 1.82) is 0 Å². The molecule has 0 fully saturated rings. The molecule has 0 atom stereocenters. The maximum atomic E-state index is 2.41. The third-order valence-corrected chi connectivity index (χ3v) is 9.19. The number of fused-ring (bicyclic) bond motifs is 8. The molecule has 0 amide bonds. The van der Waals surface area contributed by atoms with Crippen LogP contribution in [0.1, 0.15) is 0 Å². The minimum atomic E-state index is 1.12. The lowest BCUT2D eigenvalue weighted by Crippen LogP contribution is -2.10. The van der Waals surface area contributed by atoms with Gasteiger partial charge in [0.15, 0.2) is 0 Å². The summed E-state index contributed by atoms with van der Waals surface area (Å²) in [6, 6.07) is 64.0. The normalized spacial score (nSPS) is 11.6. The number of para-hydroxylation sites is 1. The predicted octanol–water partition coefficient (Wildman–Crippen LogP) is 12.6.